The van der Waals surface area contributed by atoms with E-state index in [9.17, 15) is 14.3 Å². The minimum atomic E-state index is -0.572. The third-order valence-corrected chi connectivity index (χ3v) is 7.04. The number of fused-ring (bicyclic) bond motifs is 1. The van der Waals surface area contributed by atoms with Crippen LogP contribution in [0.15, 0.2) is 48.5 Å². The average molecular weight is 441 g/mol. The number of aliphatic hydroxyl groups is 1. The largest absolute Gasteiger partial charge is 0.390 e. The number of halogens is 1. The lowest BCUT2D eigenvalue weighted by Crippen LogP contribution is -2.63. The Morgan fingerprint density at radius 3 is 2.62 bits per heavy atom. The Hall–Kier alpha value is -2.32. The smallest absolute Gasteiger partial charge is 0.252 e. The van der Waals surface area contributed by atoms with Gasteiger partial charge in [0.1, 0.15) is 11.9 Å². The molecular weight excluding hydrogens is 411 g/mol. The Bertz CT molecular complexity index is 963. The Morgan fingerprint density at radius 2 is 1.91 bits per heavy atom. The number of amides is 1. The molecule has 0 spiro atoms. The molecule has 5 rings (SSSR count). The number of benzene rings is 2. The molecule has 2 aromatic rings. The standard InChI is InChI=1S/C25H29FN2O4/c1-31-23-15-32-22(12-21(23)27-13-19(29)14-27)25(30)28-11-10-16-4-2-3-5-20(16)24(28)17-6-8-18(26)9-7-17/h2-9,19,21-24,29H,10-15H2,1H3/t21-,22+,23-,24-/m0/s1. The summed E-state index contributed by atoms with van der Waals surface area (Å²) in [6.45, 7) is 2.12. The molecule has 6 nitrogen and oxygen atoms in total. The number of methoxy groups -OCH3 is 1. The zero-order chi connectivity index (χ0) is 22.2. The van der Waals surface area contributed by atoms with Crippen LogP contribution in [0.3, 0.4) is 0 Å². The molecule has 3 aliphatic rings. The Balaban J connectivity index is 1.42. The van der Waals surface area contributed by atoms with Crippen molar-refractivity contribution in [2.24, 2.45) is 0 Å². The number of hydrogen-bond acceptors (Lipinski definition) is 5. The summed E-state index contributed by atoms with van der Waals surface area (Å²) in [7, 11) is 1.66. The van der Waals surface area contributed by atoms with Crippen LogP contribution in [0.1, 0.15) is 29.2 Å². The summed E-state index contributed by atoms with van der Waals surface area (Å²) < 4.78 is 25.2. The number of carbonyl (C=O) groups is 1. The molecule has 1 N–H and O–H groups in total. The number of carbonyl (C=O) groups excluding carboxylic acids is 1. The summed E-state index contributed by atoms with van der Waals surface area (Å²) in [5.41, 5.74) is 3.17. The predicted molar refractivity (Wildman–Crippen MR) is 117 cm³/mol. The molecule has 3 aliphatic heterocycles. The topological polar surface area (TPSA) is 62.2 Å². The van der Waals surface area contributed by atoms with E-state index in [0.29, 0.717) is 32.7 Å². The highest BCUT2D eigenvalue weighted by molar-refractivity contribution is 5.82. The fourth-order valence-corrected chi connectivity index (χ4v) is 5.29. The van der Waals surface area contributed by atoms with Crippen LogP contribution in [0.4, 0.5) is 4.39 Å². The molecule has 1 amide bonds. The molecule has 0 bridgehead atoms. The van der Waals surface area contributed by atoms with Crippen molar-refractivity contribution in [3.05, 3.63) is 71.0 Å². The van der Waals surface area contributed by atoms with Crippen LogP contribution in [0.25, 0.3) is 0 Å². The minimum absolute atomic E-state index is 0.0347. The number of rotatable bonds is 4. The van der Waals surface area contributed by atoms with Crippen LogP contribution in [-0.4, -0.2) is 78.5 Å². The molecule has 2 aromatic carbocycles. The fraction of sp³-hybridized carbons (Fsp3) is 0.480. The molecule has 170 valence electrons. The van der Waals surface area contributed by atoms with Gasteiger partial charge in [0.25, 0.3) is 5.91 Å². The summed E-state index contributed by atoms with van der Waals surface area (Å²) in [6, 6.07) is 14.3. The van der Waals surface area contributed by atoms with Gasteiger partial charge in [-0.25, -0.2) is 4.39 Å². The second-order valence-corrected chi connectivity index (χ2v) is 8.94. The molecular formula is C25H29FN2O4. The molecule has 32 heavy (non-hydrogen) atoms. The number of β-amino-alcohol motifs (C(OH)–C–C–N with tert-alkyl or cyclic N) is 1. The van der Waals surface area contributed by atoms with Crippen LogP contribution < -0.4 is 0 Å². The van der Waals surface area contributed by atoms with Crippen molar-refractivity contribution in [3.8, 4) is 0 Å². The number of aliphatic hydroxyl groups excluding tert-OH is 1. The summed E-state index contributed by atoms with van der Waals surface area (Å²) in [5, 5.41) is 9.74. The number of hydrogen-bond donors (Lipinski definition) is 1. The van der Waals surface area contributed by atoms with E-state index >= 15 is 0 Å². The SMILES string of the molecule is CO[C@H]1CO[C@@H](C(=O)N2CCc3ccccc3[C@@H]2c2ccc(F)cc2)C[C@@H]1N1CC(O)C1. The molecule has 4 atom stereocenters. The van der Waals surface area contributed by atoms with Crippen molar-refractivity contribution in [1.29, 1.82) is 0 Å². The van der Waals surface area contributed by atoms with E-state index in [0.717, 1.165) is 17.5 Å². The normalized spacial score (nSPS) is 28.8. The van der Waals surface area contributed by atoms with Crippen LogP contribution in [0.5, 0.6) is 0 Å². The van der Waals surface area contributed by atoms with Crippen molar-refractivity contribution in [2.45, 2.75) is 43.2 Å². The third-order valence-electron chi connectivity index (χ3n) is 7.04. The fourth-order valence-electron chi connectivity index (χ4n) is 5.29. The first-order chi connectivity index (χ1) is 15.5. The van der Waals surface area contributed by atoms with Gasteiger partial charge in [0.05, 0.1) is 24.9 Å². The number of ether oxygens (including phenoxy) is 2. The van der Waals surface area contributed by atoms with Gasteiger partial charge in [-0.05, 0) is 35.2 Å². The highest BCUT2D eigenvalue weighted by atomic mass is 19.1. The van der Waals surface area contributed by atoms with Gasteiger partial charge in [-0.15, -0.1) is 0 Å². The van der Waals surface area contributed by atoms with Crippen molar-refractivity contribution >= 4 is 5.91 Å². The minimum Gasteiger partial charge on any atom is -0.390 e. The highest BCUT2D eigenvalue weighted by Gasteiger charge is 2.44. The summed E-state index contributed by atoms with van der Waals surface area (Å²) in [5.74, 6) is -0.342. The number of likely N-dealkylation sites (tertiary alicyclic amines) is 1. The Morgan fingerprint density at radius 1 is 1.16 bits per heavy atom. The molecule has 3 heterocycles. The first-order valence-corrected chi connectivity index (χ1v) is 11.3. The summed E-state index contributed by atoms with van der Waals surface area (Å²) in [6.07, 6.45) is 0.289. The van der Waals surface area contributed by atoms with E-state index in [1.165, 1.54) is 17.7 Å². The van der Waals surface area contributed by atoms with Gasteiger partial charge in [0, 0.05) is 39.2 Å². The molecule has 0 unspecified atom stereocenters. The first kappa shape index (κ1) is 21.5. The maximum atomic E-state index is 13.8. The van der Waals surface area contributed by atoms with Gasteiger partial charge in [-0.2, -0.15) is 0 Å². The Kier molecular flexibility index (Phi) is 5.99. The molecule has 7 heteroatoms. The molecule has 2 fully saturated rings. The van der Waals surface area contributed by atoms with Crippen molar-refractivity contribution in [1.82, 2.24) is 9.80 Å². The lowest BCUT2D eigenvalue weighted by atomic mass is 9.87. The lowest BCUT2D eigenvalue weighted by molar-refractivity contribution is -0.170. The van der Waals surface area contributed by atoms with E-state index in [2.05, 4.69) is 17.0 Å². The van der Waals surface area contributed by atoms with Crippen LogP contribution >= 0.6 is 0 Å². The quantitative estimate of drug-likeness (QED) is 0.790. The first-order valence-electron chi connectivity index (χ1n) is 11.3. The van der Waals surface area contributed by atoms with E-state index in [1.807, 2.05) is 17.0 Å². The van der Waals surface area contributed by atoms with E-state index in [4.69, 9.17) is 9.47 Å². The third kappa shape index (κ3) is 3.94. The molecule has 0 aromatic heterocycles. The van der Waals surface area contributed by atoms with Gasteiger partial charge in [0.2, 0.25) is 0 Å². The van der Waals surface area contributed by atoms with Gasteiger partial charge >= 0.3 is 0 Å². The molecule has 0 saturated carbocycles. The summed E-state index contributed by atoms with van der Waals surface area (Å²) in [4.78, 5) is 17.8. The lowest BCUT2D eigenvalue weighted by Gasteiger charge is -2.48. The van der Waals surface area contributed by atoms with Crippen LogP contribution in [0, 0.1) is 5.82 Å². The predicted octanol–water partition coefficient (Wildman–Crippen LogP) is 2.15. The Labute approximate surface area is 187 Å². The average Bonchev–Trinajstić information content (AvgIpc) is 2.81. The van der Waals surface area contributed by atoms with Crippen LogP contribution in [0.2, 0.25) is 0 Å². The van der Waals surface area contributed by atoms with Crippen molar-refractivity contribution in [2.75, 3.05) is 33.4 Å². The monoisotopic (exact) mass is 440 g/mol. The highest BCUT2D eigenvalue weighted by Crippen LogP contribution is 2.37. The second-order valence-electron chi connectivity index (χ2n) is 8.94. The van der Waals surface area contributed by atoms with Crippen LogP contribution in [-0.2, 0) is 20.7 Å². The van der Waals surface area contributed by atoms with Gasteiger partial charge in [-0.1, -0.05) is 36.4 Å². The van der Waals surface area contributed by atoms with Gasteiger partial charge in [-0.3, -0.25) is 9.69 Å². The second kappa shape index (κ2) is 8.90. The maximum Gasteiger partial charge on any atom is 0.252 e. The van der Waals surface area contributed by atoms with E-state index < -0.39 is 6.10 Å². The van der Waals surface area contributed by atoms with Crippen molar-refractivity contribution < 1.29 is 23.8 Å². The van der Waals surface area contributed by atoms with Gasteiger partial charge in [0.15, 0.2) is 0 Å². The molecule has 0 aliphatic carbocycles. The van der Waals surface area contributed by atoms with Gasteiger partial charge < -0.3 is 19.5 Å². The zero-order valence-electron chi connectivity index (χ0n) is 18.2. The zero-order valence-corrected chi connectivity index (χ0v) is 18.2. The number of nitrogens with zero attached hydrogens (tertiary/aromatic N) is 2. The van der Waals surface area contributed by atoms with E-state index in [1.54, 1.807) is 19.2 Å². The van der Waals surface area contributed by atoms with Crippen molar-refractivity contribution in [3.63, 3.8) is 0 Å². The molecule has 2 saturated heterocycles. The molecule has 0 radical (unpaired) electrons. The summed E-state index contributed by atoms with van der Waals surface area (Å²) >= 11 is 0. The maximum absolute atomic E-state index is 13.8. The van der Waals surface area contributed by atoms with E-state index in [-0.39, 0.29) is 36.0 Å².